The molecular formula is C13H26NO6P. The monoisotopic (exact) mass is 323 g/mol. The summed E-state index contributed by atoms with van der Waals surface area (Å²) in [6.07, 6.45) is 0. The predicted molar refractivity (Wildman–Crippen MR) is 79.1 cm³/mol. The van der Waals surface area contributed by atoms with E-state index in [9.17, 15) is 14.2 Å². The standard InChI is InChI=1S/C13H26NO6P/c1-7-19-21(17,20-8-2)10(5)12(15)14-11(9(3)4)13(16)18-6/h9-11H,7-8H2,1-6H3,(H,14,15). The van der Waals surface area contributed by atoms with Crippen LogP contribution in [0.4, 0.5) is 0 Å². The van der Waals surface area contributed by atoms with E-state index in [0.717, 1.165) is 0 Å². The summed E-state index contributed by atoms with van der Waals surface area (Å²) in [5.41, 5.74) is -1.01. The molecule has 2 atom stereocenters. The highest BCUT2D eigenvalue weighted by molar-refractivity contribution is 7.55. The summed E-state index contributed by atoms with van der Waals surface area (Å²) in [5, 5.41) is 2.54. The number of carbonyl (C=O) groups excluding carboxylic acids is 2. The number of rotatable bonds is 9. The zero-order valence-corrected chi connectivity index (χ0v) is 14.4. The van der Waals surface area contributed by atoms with Crippen molar-refractivity contribution in [2.75, 3.05) is 20.3 Å². The van der Waals surface area contributed by atoms with Gasteiger partial charge in [-0.1, -0.05) is 13.8 Å². The SMILES string of the molecule is CCOP(=O)(OCC)C(C)C(=O)NC(C(=O)OC)C(C)C. The molecule has 0 saturated heterocycles. The zero-order valence-electron chi connectivity index (χ0n) is 13.5. The Hall–Kier alpha value is -0.910. The maximum Gasteiger partial charge on any atom is 0.342 e. The number of hydrogen-bond donors (Lipinski definition) is 1. The van der Waals surface area contributed by atoms with Gasteiger partial charge in [0.25, 0.3) is 0 Å². The number of methoxy groups -OCH3 is 1. The van der Waals surface area contributed by atoms with E-state index in [1.54, 1.807) is 27.7 Å². The Labute approximate surface area is 126 Å². The minimum atomic E-state index is -3.56. The van der Waals surface area contributed by atoms with Crippen molar-refractivity contribution in [3.05, 3.63) is 0 Å². The van der Waals surface area contributed by atoms with E-state index in [4.69, 9.17) is 9.05 Å². The molecular weight excluding hydrogens is 297 g/mol. The van der Waals surface area contributed by atoms with Crippen molar-refractivity contribution < 1.29 is 27.9 Å². The van der Waals surface area contributed by atoms with E-state index in [1.165, 1.54) is 14.0 Å². The average Bonchev–Trinajstić information content (AvgIpc) is 2.42. The van der Waals surface area contributed by atoms with Crippen molar-refractivity contribution in [3.63, 3.8) is 0 Å². The molecule has 0 spiro atoms. The fourth-order valence-electron chi connectivity index (χ4n) is 1.66. The first kappa shape index (κ1) is 20.1. The second-order valence-electron chi connectivity index (χ2n) is 4.80. The van der Waals surface area contributed by atoms with E-state index in [-0.39, 0.29) is 19.1 Å². The molecule has 0 fully saturated rings. The molecule has 124 valence electrons. The molecule has 1 amide bonds. The van der Waals surface area contributed by atoms with Gasteiger partial charge in [-0.05, 0) is 26.7 Å². The molecule has 0 aromatic carbocycles. The van der Waals surface area contributed by atoms with E-state index >= 15 is 0 Å². The second kappa shape index (κ2) is 9.18. The molecule has 0 bridgehead atoms. The first-order chi connectivity index (χ1) is 9.73. The molecule has 0 saturated carbocycles. The molecule has 1 N–H and O–H groups in total. The summed E-state index contributed by atoms with van der Waals surface area (Å²) >= 11 is 0. The van der Waals surface area contributed by atoms with Crippen LogP contribution in [0, 0.1) is 5.92 Å². The highest BCUT2D eigenvalue weighted by atomic mass is 31.2. The predicted octanol–water partition coefficient (Wildman–Crippen LogP) is 1.95. The number of amides is 1. The van der Waals surface area contributed by atoms with Crippen molar-refractivity contribution in [3.8, 4) is 0 Å². The molecule has 0 aliphatic heterocycles. The van der Waals surface area contributed by atoms with Gasteiger partial charge in [-0.3, -0.25) is 9.36 Å². The first-order valence-electron chi connectivity index (χ1n) is 7.00. The Morgan fingerprint density at radius 2 is 1.57 bits per heavy atom. The normalized spacial score (nSPS) is 14.6. The summed E-state index contributed by atoms with van der Waals surface area (Å²) in [6, 6.07) is -0.804. The van der Waals surface area contributed by atoms with E-state index in [0.29, 0.717) is 0 Å². The molecule has 0 aliphatic rings. The maximum absolute atomic E-state index is 12.5. The van der Waals surface area contributed by atoms with Gasteiger partial charge in [0, 0.05) is 0 Å². The van der Waals surface area contributed by atoms with Gasteiger partial charge in [-0.2, -0.15) is 0 Å². The molecule has 0 aromatic heterocycles. The van der Waals surface area contributed by atoms with Gasteiger partial charge in [0.05, 0.1) is 20.3 Å². The van der Waals surface area contributed by atoms with Crippen molar-refractivity contribution >= 4 is 19.5 Å². The van der Waals surface area contributed by atoms with E-state index < -0.39 is 31.2 Å². The van der Waals surface area contributed by atoms with Gasteiger partial charge < -0.3 is 19.1 Å². The van der Waals surface area contributed by atoms with Gasteiger partial charge >= 0.3 is 13.6 Å². The van der Waals surface area contributed by atoms with E-state index in [2.05, 4.69) is 10.1 Å². The highest BCUT2D eigenvalue weighted by Gasteiger charge is 2.39. The number of ether oxygens (including phenoxy) is 1. The molecule has 7 nitrogen and oxygen atoms in total. The van der Waals surface area contributed by atoms with Gasteiger partial charge in [-0.25, -0.2) is 4.79 Å². The zero-order chi connectivity index (χ0) is 16.6. The van der Waals surface area contributed by atoms with Gasteiger partial charge in [-0.15, -0.1) is 0 Å². The number of esters is 1. The summed E-state index contributed by atoms with van der Waals surface area (Å²) in [6.45, 7) is 8.67. The Morgan fingerprint density at radius 1 is 1.10 bits per heavy atom. The van der Waals surface area contributed by atoms with Crippen LogP contribution >= 0.6 is 7.60 Å². The van der Waals surface area contributed by atoms with Crippen LogP contribution < -0.4 is 5.32 Å². The third kappa shape index (κ3) is 5.77. The average molecular weight is 323 g/mol. The van der Waals surface area contributed by atoms with Crippen LogP contribution in [-0.2, 0) is 27.9 Å². The topological polar surface area (TPSA) is 90.9 Å². The third-order valence-electron chi connectivity index (χ3n) is 2.89. The largest absolute Gasteiger partial charge is 0.467 e. The molecule has 2 unspecified atom stereocenters. The Morgan fingerprint density at radius 3 is 1.90 bits per heavy atom. The minimum Gasteiger partial charge on any atom is -0.467 e. The van der Waals surface area contributed by atoms with Crippen molar-refractivity contribution in [1.82, 2.24) is 5.32 Å². The van der Waals surface area contributed by atoms with Crippen LogP contribution in [0.5, 0.6) is 0 Å². The third-order valence-corrected chi connectivity index (χ3v) is 5.31. The lowest BCUT2D eigenvalue weighted by molar-refractivity contribution is -0.146. The van der Waals surface area contributed by atoms with Crippen LogP contribution in [0.1, 0.15) is 34.6 Å². The molecule has 0 heterocycles. The molecule has 0 aromatic rings. The molecule has 0 rings (SSSR count). The van der Waals surface area contributed by atoms with Gasteiger partial charge in [0.1, 0.15) is 11.7 Å². The smallest absolute Gasteiger partial charge is 0.342 e. The molecule has 8 heteroatoms. The van der Waals surface area contributed by atoms with Crippen LogP contribution in [-0.4, -0.2) is 43.9 Å². The highest BCUT2D eigenvalue weighted by Crippen LogP contribution is 2.52. The Kier molecular flexibility index (Phi) is 8.78. The fraction of sp³-hybridized carbons (Fsp3) is 0.846. The fourth-order valence-corrected chi connectivity index (χ4v) is 3.27. The molecule has 0 aliphatic carbocycles. The number of carbonyl (C=O) groups is 2. The van der Waals surface area contributed by atoms with Crippen LogP contribution in [0.3, 0.4) is 0 Å². The minimum absolute atomic E-state index is 0.160. The summed E-state index contributed by atoms with van der Waals surface area (Å²) < 4.78 is 27.4. The quantitative estimate of drug-likeness (QED) is 0.515. The second-order valence-corrected chi connectivity index (χ2v) is 7.18. The maximum atomic E-state index is 12.5. The summed E-state index contributed by atoms with van der Waals surface area (Å²) in [5.74, 6) is -1.27. The van der Waals surface area contributed by atoms with Gasteiger partial charge in [0.2, 0.25) is 5.91 Å². The molecule has 0 radical (unpaired) electrons. The van der Waals surface area contributed by atoms with Crippen LogP contribution in [0.2, 0.25) is 0 Å². The van der Waals surface area contributed by atoms with Crippen LogP contribution in [0.25, 0.3) is 0 Å². The van der Waals surface area contributed by atoms with Crippen molar-refractivity contribution in [2.45, 2.75) is 46.3 Å². The molecule has 21 heavy (non-hydrogen) atoms. The lowest BCUT2D eigenvalue weighted by atomic mass is 10.0. The lowest BCUT2D eigenvalue weighted by Crippen LogP contribution is -2.48. The van der Waals surface area contributed by atoms with Crippen molar-refractivity contribution in [2.24, 2.45) is 5.92 Å². The number of nitrogens with one attached hydrogen (secondary N) is 1. The summed E-state index contributed by atoms with van der Waals surface area (Å²) in [7, 11) is -2.31. The van der Waals surface area contributed by atoms with Crippen molar-refractivity contribution in [1.29, 1.82) is 0 Å². The van der Waals surface area contributed by atoms with Crippen LogP contribution in [0.15, 0.2) is 0 Å². The summed E-state index contributed by atoms with van der Waals surface area (Å²) in [4.78, 5) is 23.9. The van der Waals surface area contributed by atoms with Gasteiger partial charge in [0.15, 0.2) is 0 Å². The lowest BCUT2D eigenvalue weighted by Gasteiger charge is -2.25. The number of hydrogen-bond acceptors (Lipinski definition) is 6. The Bertz CT molecular complexity index is 388. The van der Waals surface area contributed by atoms with E-state index in [1.807, 2.05) is 0 Å². The Balaban J connectivity index is 5.04. The first-order valence-corrected chi connectivity index (χ1v) is 8.61.